The van der Waals surface area contributed by atoms with Crippen molar-refractivity contribution >= 4 is 45.3 Å². The third kappa shape index (κ3) is 6.39. The second kappa shape index (κ2) is 12.3. The van der Waals surface area contributed by atoms with Crippen LogP contribution in [0.5, 0.6) is 11.8 Å². The van der Waals surface area contributed by atoms with Gasteiger partial charge in [0.05, 0.1) is 22.8 Å². The van der Waals surface area contributed by atoms with Gasteiger partial charge < -0.3 is 28.9 Å². The number of H-pyrrole nitrogens is 1. The van der Waals surface area contributed by atoms with Crippen LogP contribution >= 0.6 is 11.6 Å². The Balaban J connectivity index is 1.36. The van der Waals surface area contributed by atoms with Crippen molar-refractivity contribution in [2.75, 3.05) is 44.7 Å². The SMILES string of the molecule is Cc1ccc2[nH]ncc2c1-c1c(Cl)cc2c(N3CCN(C(=O)OC(C)(C)C)C[C@@H]3C)nc(OC[C@@H]3CCCN3C)nc2c1OC1CC1. The molecule has 2 aliphatic heterocycles. The second-order valence-corrected chi connectivity index (χ2v) is 14.7. The van der Waals surface area contributed by atoms with E-state index in [9.17, 15) is 4.79 Å². The van der Waals surface area contributed by atoms with Crippen LogP contribution in [-0.2, 0) is 4.74 Å². The van der Waals surface area contributed by atoms with Crippen LogP contribution in [0.25, 0.3) is 32.9 Å². The van der Waals surface area contributed by atoms with Crippen molar-refractivity contribution in [3.8, 4) is 22.9 Å². The zero-order valence-corrected chi connectivity index (χ0v) is 28.9. The number of nitrogens with one attached hydrogen (secondary N) is 1. The van der Waals surface area contributed by atoms with E-state index in [1.807, 2.05) is 39.1 Å². The third-order valence-corrected chi connectivity index (χ3v) is 9.67. The number of ether oxygens (including phenoxy) is 3. The Kier molecular flexibility index (Phi) is 8.32. The minimum atomic E-state index is -0.564. The number of piperazine rings is 1. The summed E-state index contributed by atoms with van der Waals surface area (Å²) in [7, 11) is 2.13. The normalized spacial score (nSPS) is 20.7. The van der Waals surface area contributed by atoms with Gasteiger partial charge in [-0.3, -0.25) is 5.10 Å². The molecule has 1 saturated carbocycles. The van der Waals surface area contributed by atoms with Gasteiger partial charge >= 0.3 is 12.1 Å². The summed E-state index contributed by atoms with van der Waals surface area (Å²) < 4.78 is 18.8. The number of aromatic nitrogens is 4. The lowest BCUT2D eigenvalue weighted by Gasteiger charge is -2.41. The highest BCUT2D eigenvalue weighted by molar-refractivity contribution is 6.35. The number of halogens is 1. The molecule has 250 valence electrons. The summed E-state index contributed by atoms with van der Waals surface area (Å²) in [5.41, 5.74) is 3.84. The molecular weight excluding hydrogens is 618 g/mol. The topological polar surface area (TPSA) is 109 Å². The number of aryl methyl sites for hydroxylation is 1. The maximum atomic E-state index is 13.0. The molecule has 7 rings (SSSR count). The Morgan fingerprint density at radius 2 is 1.89 bits per heavy atom. The molecule has 11 nitrogen and oxygen atoms in total. The predicted molar refractivity (Wildman–Crippen MR) is 184 cm³/mol. The number of aromatic amines is 1. The van der Waals surface area contributed by atoms with E-state index in [1.54, 1.807) is 4.90 Å². The molecule has 1 N–H and O–H groups in total. The van der Waals surface area contributed by atoms with Crippen molar-refractivity contribution in [2.24, 2.45) is 0 Å². The zero-order chi connectivity index (χ0) is 33.0. The Morgan fingerprint density at radius 3 is 2.60 bits per heavy atom. The Labute approximate surface area is 280 Å². The highest BCUT2D eigenvalue weighted by atomic mass is 35.5. The van der Waals surface area contributed by atoms with Crippen molar-refractivity contribution in [1.29, 1.82) is 0 Å². The van der Waals surface area contributed by atoms with Crippen LogP contribution in [0.1, 0.15) is 58.9 Å². The average Bonchev–Trinajstić information content (AvgIpc) is 3.53. The van der Waals surface area contributed by atoms with Gasteiger partial charge in [-0.2, -0.15) is 15.1 Å². The molecule has 0 unspecified atom stereocenters. The average molecular weight is 662 g/mol. The fourth-order valence-electron chi connectivity index (χ4n) is 6.74. The van der Waals surface area contributed by atoms with Crippen molar-refractivity contribution in [3.63, 3.8) is 0 Å². The predicted octanol–water partition coefficient (Wildman–Crippen LogP) is 6.59. The number of rotatable bonds is 7. The number of benzene rings is 2. The molecule has 47 heavy (non-hydrogen) atoms. The van der Waals surface area contributed by atoms with Crippen LogP contribution in [0.15, 0.2) is 24.4 Å². The van der Waals surface area contributed by atoms with Crippen LogP contribution < -0.4 is 14.4 Å². The smallest absolute Gasteiger partial charge is 0.410 e. The van der Waals surface area contributed by atoms with Crippen molar-refractivity contribution in [2.45, 2.75) is 84.1 Å². The first-order valence-corrected chi connectivity index (χ1v) is 17.1. The fraction of sp³-hybridized carbons (Fsp3) is 0.543. The lowest BCUT2D eigenvalue weighted by atomic mass is 9.94. The standard InChI is InChI=1S/C35H44ClN7O4/c1-20-9-12-27-25(17-37-40-27)28(20)29-26(36)16-24-30(31(29)46-23-10-11-23)38-33(45-19-22-8-7-13-41(22)6)39-32(24)43-15-14-42(18-21(43)2)34(44)47-35(3,4)5/h9,12,16-17,21-23H,7-8,10-11,13-15,18-19H2,1-6H3,(H,37,40)/t21-,22-/m0/s1. The van der Waals surface area contributed by atoms with Gasteiger partial charge in [-0.15, -0.1) is 0 Å². The number of likely N-dealkylation sites (tertiary alicyclic amines) is 1. The fourth-order valence-corrected chi connectivity index (χ4v) is 7.03. The molecular formula is C35H44ClN7O4. The molecule has 3 aliphatic rings. The molecule has 4 heterocycles. The van der Waals surface area contributed by atoms with E-state index >= 15 is 0 Å². The zero-order valence-electron chi connectivity index (χ0n) is 28.1. The molecule has 0 radical (unpaired) electrons. The number of hydrogen-bond donors (Lipinski definition) is 1. The van der Waals surface area contributed by atoms with Gasteiger partial charge in [0.15, 0.2) is 5.75 Å². The summed E-state index contributed by atoms with van der Waals surface area (Å²) >= 11 is 7.27. The Bertz CT molecular complexity index is 1820. The van der Waals surface area contributed by atoms with Crippen molar-refractivity contribution in [1.82, 2.24) is 30.0 Å². The minimum absolute atomic E-state index is 0.0589. The van der Waals surface area contributed by atoms with Crippen LogP contribution in [-0.4, -0.2) is 99.7 Å². The monoisotopic (exact) mass is 661 g/mol. The summed E-state index contributed by atoms with van der Waals surface area (Å²) in [6.07, 6.45) is 5.78. The van der Waals surface area contributed by atoms with E-state index in [0.717, 1.165) is 65.2 Å². The molecule has 1 amide bonds. The molecule has 2 atom stereocenters. The summed E-state index contributed by atoms with van der Waals surface area (Å²) in [5.74, 6) is 1.35. The number of carbonyl (C=O) groups excluding carboxylic acids is 1. The Hall–Kier alpha value is -3.83. The lowest BCUT2D eigenvalue weighted by Crippen LogP contribution is -2.54. The minimum Gasteiger partial charge on any atom is -0.487 e. The van der Waals surface area contributed by atoms with Gasteiger partial charge in [0.1, 0.15) is 23.5 Å². The first kappa shape index (κ1) is 31.8. The van der Waals surface area contributed by atoms with Crippen LogP contribution in [0.2, 0.25) is 5.02 Å². The highest BCUT2D eigenvalue weighted by Gasteiger charge is 2.34. The number of likely N-dealkylation sites (N-methyl/N-ethyl adjacent to an activating group) is 1. The highest BCUT2D eigenvalue weighted by Crippen LogP contribution is 2.49. The molecule has 0 bridgehead atoms. The molecule has 0 spiro atoms. The second-order valence-electron chi connectivity index (χ2n) is 14.3. The van der Waals surface area contributed by atoms with E-state index in [0.29, 0.717) is 60.4 Å². The van der Waals surface area contributed by atoms with Gasteiger partial charge in [-0.25, -0.2) is 4.79 Å². The van der Waals surface area contributed by atoms with Gasteiger partial charge in [0, 0.05) is 53.6 Å². The molecule has 2 saturated heterocycles. The van der Waals surface area contributed by atoms with Crippen LogP contribution in [0.3, 0.4) is 0 Å². The van der Waals surface area contributed by atoms with Crippen LogP contribution in [0.4, 0.5) is 10.6 Å². The number of carbonyl (C=O) groups is 1. The Morgan fingerprint density at radius 1 is 1.09 bits per heavy atom. The number of fused-ring (bicyclic) bond motifs is 2. The molecule has 2 aromatic heterocycles. The van der Waals surface area contributed by atoms with Gasteiger partial charge in [0.25, 0.3) is 0 Å². The number of amides is 1. The maximum Gasteiger partial charge on any atom is 0.410 e. The molecule has 4 aromatic rings. The molecule has 1 aliphatic carbocycles. The first-order valence-electron chi connectivity index (χ1n) is 16.7. The van der Waals surface area contributed by atoms with E-state index in [4.69, 9.17) is 35.8 Å². The first-order chi connectivity index (χ1) is 22.5. The van der Waals surface area contributed by atoms with Gasteiger partial charge in [0.2, 0.25) is 0 Å². The number of hydrogen-bond acceptors (Lipinski definition) is 9. The van der Waals surface area contributed by atoms with E-state index < -0.39 is 5.60 Å². The largest absolute Gasteiger partial charge is 0.487 e. The van der Waals surface area contributed by atoms with Crippen molar-refractivity contribution in [3.05, 3.63) is 35.0 Å². The van der Waals surface area contributed by atoms with Gasteiger partial charge in [-0.05, 0) is 91.6 Å². The van der Waals surface area contributed by atoms with Crippen molar-refractivity contribution < 1.29 is 19.0 Å². The third-order valence-electron chi connectivity index (χ3n) is 9.38. The number of nitrogens with zero attached hydrogens (tertiary/aromatic N) is 6. The van der Waals surface area contributed by atoms with Gasteiger partial charge in [-0.1, -0.05) is 17.7 Å². The maximum absolute atomic E-state index is 13.0. The summed E-state index contributed by atoms with van der Waals surface area (Å²) in [6, 6.07) is 6.61. The quantitative estimate of drug-likeness (QED) is 0.234. The molecule has 3 fully saturated rings. The summed E-state index contributed by atoms with van der Waals surface area (Å²) in [5, 5.41) is 9.73. The summed E-state index contributed by atoms with van der Waals surface area (Å²) in [4.78, 5) is 29.4. The molecule has 2 aromatic carbocycles. The van der Waals surface area contributed by atoms with E-state index in [2.05, 4.69) is 47.0 Å². The molecule has 12 heteroatoms. The van der Waals surface area contributed by atoms with Crippen LogP contribution in [0, 0.1) is 6.92 Å². The summed E-state index contributed by atoms with van der Waals surface area (Å²) in [6.45, 7) is 12.9. The lowest BCUT2D eigenvalue weighted by molar-refractivity contribution is 0.0218. The van der Waals surface area contributed by atoms with E-state index in [-0.39, 0.29) is 18.2 Å². The van der Waals surface area contributed by atoms with E-state index in [1.165, 1.54) is 0 Å². The number of anilines is 1.